The van der Waals surface area contributed by atoms with E-state index >= 15 is 0 Å². The van der Waals surface area contributed by atoms with Gasteiger partial charge in [-0.05, 0) is 85.6 Å². The van der Waals surface area contributed by atoms with Gasteiger partial charge in [0.1, 0.15) is 0 Å². The molecule has 0 bridgehead atoms. The van der Waals surface area contributed by atoms with Crippen LogP contribution >= 0.6 is 11.6 Å². The summed E-state index contributed by atoms with van der Waals surface area (Å²) in [5.41, 5.74) is 4.97. The monoisotopic (exact) mass is 924 g/mol. The number of aromatic nitrogens is 4. The molecule has 0 atom stereocenters. The van der Waals surface area contributed by atoms with Crippen molar-refractivity contribution in [2.45, 2.75) is 53.1 Å². The smallest absolute Gasteiger partial charge is 0.872 e. The maximum absolute atomic E-state index is 13.8. The summed E-state index contributed by atoms with van der Waals surface area (Å²) < 4.78 is 44.5. The second-order valence-electron chi connectivity index (χ2n) is 11.2. The molecule has 2 radical (unpaired) electrons. The van der Waals surface area contributed by atoms with E-state index in [1.165, 1.54) is 0 Å². The van der Waals surface area contributed by atoms with Crippen LogP contribution in [0, 0.1) is 10.2 Å². The fourth-order valence-electron chi connectivity index (χ4n) is 4.65. The fraction of sp³-hybridized carbons (Fsp3) is 0.222. The van der Waals surface area contributed by atoms with Gasteiger partial charge in [0.15, 0.2) is 0 Å². The van der Waals surface area contributed by atoms with E-state index in [9.17, 15) is 5.11 Å². The number of rotatable bonds is 12. The molecule has 5 aromatic heterocycles. The molecule has 0 aliphatic heterocycles. The molecule has 22 heteroatoms. The van der Waals surface area contributed by atoms with Gasteiger partial charge in [0.25, 0.3) is 0 Å². The van der Waals surface area contributed by atoms with Crippen LogP contribution in [0.1, 0.15) is 47.8 Å². The zero-order valence-corrected chi connectivity index (χ0v) is 34.6. The minimum atomic E-state index is -4.94. The standard InChI is InChI=1S/C32H31ClN6O.2C2H4O2.ClHO4.2Mn.O3/c33-27-17-25(19-38(21-28-9-1-5-13-34-28)22-29-10-2-6-14-35-29)32(40)26(18-27)20-39(23-30-11-3-7-15-36-30)24-31-12-4-8-16-37-31;2*1-2(3)4;2-1(3,4)5;;;1-2-3-1/h1-18,40H,19-24H2;2*1H3,(H,3,4);(H,2,3,4,5);;;/q;;;;2*+2;/p-4. The Morgan fingerprint density at radius 2 is 0.810 bits per heavy atom. The van der Waals surface area contributed by atoms with E-state index in [0.29, 0.717) is 55.4 Å². The van der Waals surface area contributed by atoms with Crippen molar-refractivity contribution in [3.8, 4) is 5.75 Å². The molecule has 18 nitrogen and oxygen atoms in total. The Labute approximate surface area is 361 Å². The average Bonchev–Trinajstić information content (AvgIpc) is 4.01. The molecule has 58 heavy (non-hydrogen) atoms. The van der Waals surface area contributed by atoms with E-state index in [1.807, 2.05) is 72.8 Å². The molecule has 310 valence electrons. The summed E-state index contributed by atoms with van der Waals surface area (Å²) in [7, 11) is -4.94. The van der Waals surface area contributed by atoms with Gasteiger partial charge in [-0.2, -0.15) is 0 Å². The van der Waals surface area contributed by atoms with Crippen molar-refractivity contribution in [2.24, 2.45) is 0 Å². The third-order valence-electron chi connectivity index (χ3n) is 6.51. The zero-order chi connectivity index (χ0) is 41.3. The van der Waals surface area contributed by atoms with Gasteiger partial charge in [0.2, 0.25) is 0 Å². The van der Waals surface area contributed by atoms with Gasteiger partial charge in [0.05, 0.1) is 22.8 Å². The number of halogens is 2. The summed E-state index contributed by atoms with van der Waals surface area (Å²) in [6, 6.07) is 27.0. The van der Waals surface area contributed by atoms with Crippen molar-refractivity contribution < 1.29 is 102 Å². The number of carboxylic acids is 2. The number of carbonyl (C=O) groups excluding carboxylic acids is 2. The number of hydrogen-bond donors (Lipinski definition) is 0. The first-order valence-corrected chi connectivity index (χ1v) is 17.7. The minimum absolute atomic E-state index is 0. The second kappa shape index (κ2) is 29.5. The number of benzene rings is 1. The van der Waals surface area contributed by atoms with Gasteiger partial charge >= 0.3 is 34.1 Å². The zero-order valence-electron chi connectivity index (χ0n) is 30.7. The van der Waals surface area contributed by atoms with Crippen LogP contribution in [0.2, 0.25) is 5.02 Å². The van der Waals surface area contributed by atoms with Gasteiger partial charge in [-0.25, -0.2) is 18.6 Å². The molecule has 1 aromatic carbocycles. The summed E-state index contributed by atoms with van der Waals surface area (Å²) in [4.78, 5) is 40.1. The number of carbonyl (C=O) groups is 2. The topological polar surface area (TPSA) is 293 Å². The van der Waals surface area contributed by atoms with Crippen molar-refractivity contribution in [2.75, 3.05) is 0 Å². The Bertz CT molecular complexity index is 1710. The number of carboxylic acid groups (broad SMARTS) is 2. The average molecular weight is 925 g/mol. The third-order valence-corrected chi connectivity index (χ3v) is 6.73. The normalized spacial score (nSPS) is 10.1. The van der Waals surface area contributed by atoms with Crippen LogP contribution in [-0.2, 0) is 83.0 Å². The van der Waals surface area contributed by atoms with Gasteiger partial charge in [-0.1, -0.05) is 41.6 Å². The largest absolute Gasteiger partial charge is 2.00 e. The van der Waals surface area contributed by atoms with Crippen LogP contribution in [0.4, 0.5) is 0 Å². The maximum Gasteiger partial charge on any atom is 2.00 e. The molecule has 6 rings (SSSR count). The van der Waals surface area contributed by atoms with Crippen LogP contribution < -0.4 is 34.0 Å². The van der Waals surface area contributed by atoms with E-state index in [2.05, 4.69) is 43.9 Å². The van der Waals surface area contributed by atoms with Crippen molar-refractivity contribution in [1.82, 2.24) is 29.7 Å². The molecular formula is C36H36Cl2Mn2N6O12. The summed E-state index contributed by atoms with van der Waals surface area (Å²) in [5, 5.41) is 32.1. The number of nitrogens with zero attached hydrogens (tertiary/aromatic N) is 6. The van der Waals surface area contributed by atoms with Crippen LogP contribution in [-0.4, -0.2) is 41.7 Å². The van der Waals surface area contributed by atoms with Gasteiger partial charge in [0, 0.05) is 95.2 Å². The summed E-state index contributed by atoms with van der Waals surface area (Å²) in [6.45, 7) is 5.07. The molecule has 0 aliphatic rings. The Balaban J connectivity index is 0.00000153. The Kier molecular flexibility index (Phi) is 27.2. The third kappa shape index (κ3) is 27.9. The first-order chi connectivity index (χ1) is 26.6. The van der Waals surface area contributed by atoms with E-state index in [1.54, 1.807) is 36.9 Å². The molecule has 0 saturated heterocycles. The molecule has 5 heterocycles. The molecule has 0 fully saturated rings. The molecule has 0 amide bonds. The molecule has 0 aliphatic carbocycles. The van der Waals surface area contributed by atoms with Crippen LogP contribution in [0.25, 0.3) is 0 Å². The second-order valence-corrected chi connectivity index (χ2v) is 12.4. The van der Waals surface area contributed by atoms with E-state index in [-0.39, 0.29) is 39.9 Å². The summed E-state index contributed by atoms with van der Waals surface area (Å²) in [6.07, 6.45) is 7.12. The van der Waals surface area contributed by atoms with E-state index in [4.69, 9.17) is 50.0 Å². The van der Waals surface area contributed by atoms with Gasteiger partial charge < -0.3 is 24.9 Å². The first kappa shape index (κ1) is 53.3. The molecule has 6 aromatic rings. The van der Waals surface area contributed by atoms with Crippen molar-refractivity contribution in [3.05, 3.63) is 149 Å². The number of hydrogen-bond acceptors (Lipinski definition) is 18. The number of aliphatic carboxylic acids is 2. The quantitative estimate of drug-likeness (QED) is 0.101. The Morgan fingerprint density at radius 1 is 0.569 bits per heavy atom. The summed E-state index contributed by atoms with van der Waals surface area (Å²) >= 11 is 6.60. The number of pyridine rings is 4. The molecule has 0 N–H and O–H groups in total. The molecule has 0 unspecified atom stereocenters. The summed E-state index contributed by atoms with van der Waals surface area (Å²) in [5.74, 6) is -2.18. The van der Waals surface area contributed by atoms with Crippen LogP contribution in [0.15, 0.2) is 124 Å². The Hall–Kier alpha value is -4.66. The molecule has 0 saturated carbocycles. The fourth-order valence-corrected chi connectivity index (χ4v) is 4.91. The van der Waals surface area contributed by atoms with E-state index < -0.39 is 22.2 Å². The molecular weight excluding hydrogens is 889 g/mol. The van der Waals surface area contributed by atoms with Gasteiger partial charge in [-0.15, -0.1) is 10.2 Å². The molecule has 0 spiro atoms. The van der Waals surface area contributed by atoms with Crippen LogP contribution in [0.3, 0.4) is 0 Å². The SMILES string of the molecule is CC(=O)[O-].CC(=O)[O-].[Mn+2].[Mn+2].[O-][Cl+3]([O-])([O-])[O-].[O-]c1c(CN(Cc2ccccn2)Cc2ccccn2)cc(Cl)cc1CN(Cc1ccccn1)Cc1ccccn1.o1oo1. The predicted octanol–water partition coefficient (Wildman–Crippen LogP) is -1.38. The van der Waals surface area contributed by atoms with Crippen molar-refractivity contribution in [1.29, 1.82) is 0 Å². The van der Waals surface area contributed by atoms with Crippen molar-refractivity contribution in [3.63, 3.8) is 0 Å². The Morgan fingerprint density at radius 3 is 1.00 bits per heavy atom. The first-order valence-electron chi connectivity index (χ1n) is 16.1. The van der Waals surface area contributed by atoms with E-state index in [0.717, 1.165) is 36.6 Å². The minimum Gasteiger partial charge on any atom is -0.872 e. The van der Waals surface area contributed by atoms with Gasteiger partial charge in [-0.3, -0.25) is 29.7 Å². The predicted molar refractivity (Wildman–Crippen MR) is 178 cm³/mol. The van der Waals surface area contributed by atoms with Crippen molar-refractivity contribution >= 4 is 23.5 Å². The van der Waals surface area contributed by atoms with Crippen LogP contribution in [0.5, 0.6) is 5.75 Å². The maximum atomic E-state index is 13.8.